The first kappa shape index (κ1) is 15.9. The summed E-state index contributed by atoms with van der Waals surface area (Å²) >= 11 is 7.34. The average Bonchev–Trinajstić information content (AvgIpc) is 2.47. The Balaban J connectivity index is 1.83. The minimum Gasteiger partial charge on any atom is -0.349 e. The van der Waals surface area contributed by atoms with Crippen molar-refractivity contribution in [3.05, 3.63) is 64.7 Å². The molecular weight excluding hydrogens is 302 g/mol. The van der Waals surface area contributed by atoms with Crippen molar-refractivity contribution in [3.63, 3.8) is 0 Å². The zero-order chi connectivity index (χ0) is 15.2. The van der Waals surface area contributed by atoms with Crippen LogP contribution in [0.2, 0.25) is 5.02 Å². The number of thioether (sulfide) groups is 1. The van der Waals surface area contributed by atoms with Gasteiger partial charge in [-0.25, -0.2) is 0 Å². The molecule has 2 nitrogen and oxygen atoms in total. The molecule has 4 heteroatoms. The molecule has 0 spiro atoms. The molecule has 0 saturated heterocycles. The molecule has 0 aliphatic carbocycles. The van der Waals surface area contributed by atoms with Gasteiger partial charge in [-0.3, -0.25) is 4.79 Å². The van der Waals surface area contributed by atoms with Crippen molar-refractivity contribution in [3.8, 4) is 0 Å². The lowest BCUT2D eigenvalue weighted by Gasteiger charge is -2.14. The summed E-state index contributed by atoms with van der Waals surface area (Å²) in [7, 11) is 0. The Bertz CT molecular complexity index is 595. The molecule has 2 rings (SSSR count). The summed E-state index contributed by atoms with van der Waals surface area (Å²) < 4.78 is 0. The van der Waals surface area contributed by atoms with Gasteiger partial charge in [0, 0.05) is 9.92 Å². The van der Waals surface area contributed by atoms with E-state index in [4.69, 9.17) is 11.6 Å². The first-order chi connectivity index (χ1) is 10.0. The van der Waals surface area contributed by atoms with Gasteiger partial charge in [0.05, 0.1) is 11.8 Å². The maximum atomic E-state index is 12.0. The van der Waals surface area contributed by atoms with Gasteiger partial charge in [0.1, 0.15) is 0 Å². The van der Waals surface area contributed by atoms with Gasteiger partial charge < -0.3 is 5.32 Å². The number of carbonyl (C=O) groups is 1. The van der Waals surface area contributed by atoms with Crippen molar-refractivity contribution in [2.24, 2.45) is 0 Å². The Morgan fingerprint density at radius 2 is 1.76 bits per heavy atom. The number of carbonyl (C=O) groups excluding carboxylic acids is 1. The summed E-state index contributed by atoms with van der Waals surface area (Å²) in [5.41, 5.74) is 2.33. The van der Waals surface area contributed by atoms with E-state index in [1.807, 2.05) is 43.3 Å². The van der Waals surface area contributed by atoms with Crippen molar-refractivity contribution >= 4 is 29.3 Å². The fourth-order valence-electron chi connectivity index (χ4n) is 1.90. The maximum absolute atomic E-state index is 12.0. The van der Waals surface area contributed by atoms with Crippen LogP contribution in [0.4, 0.5) is 0 Å². The van der Waals surface area contributed by atoms with Crippen molar-refractivity contribution < 1.29 is 4.79 Å². The topological polar surface area (TPSA) is 29.1 Å². The van der Waals surface area contributed by atoms with Crippen LogP contribution >= 0.6 is 23.4 Å². The zero-order valence-corrected chi connectivity index (χ0v) is 13.7. The molecule has 2 aromatic carbocycles. The number of halogens is 1. The lowest BCUT2D eigenvalue weighted by molar-refractivity contribution is -0.119. The number of nitrogens with one attached hydrogen (secondary N) is 1. The van der Waals surface area contributed by atoms with Gasteiger partial charge in [-0.15, -0.1) is 11.8 Å². The smallest absolute Gasteiger partial charge is 0.230 e. The molecule has 2 aromatic rings. The van der Waals surface area contributed by atoms with Crippen molar-refractivity contribution in [1.29, 1.82) is 0 Å². The second-order valence-corrected chi connectivity index (χ2v) is 6.43. The van der Waals surface area contributed by atoms with E-state index >= 15 is 0 Å². The van der Waals surface area contributed by atoms with Crippen molar-refractivity contribution in [2.75, 3.05) is 5.75 Å². The molecule has 1 unspecified atom stereocenters. The minimum absolute atomic E-state index is 0.0175. The summed E-state index contributed by atoms with van der Waals surface area (Å²) in [5.74, 6) is 0.431. The monoisotopic (exact) mass is 319 g/mol. The van der Waals surface area contributed by atoms with Gasteiger partial charge in [-0.1, -0.05) is 41.4 Å². The van der Waals surface area contributed by atoms with E-state index in [0.29, 0.717) is 10.8 Å². The minimum atomic E-state index is 0.0175. The van der Waals surface area contributed by atoms with E-state index in [9.17, 15) is 4.79 Å². The first-order valence-corrected chi connectivity index (χ1v) is 8.15. The van der Waals surface area contributed by atoms with E-state index < -0.39 is 0 Å². The van der Waals surface area contributed by atoms with Crippen molar-refractivity contribution in [1.82, 2.24) is 5.32 Å². The first-order valence-electron chi connectivity index (χ1n) is 6.79. The molecule has 1 amide bonds. The molecule has 1 N–H and O–H groups in total. The number of aryl methyl sites for hydroxylation is 1. The van der Waals surface area contributed by atoms with E-state index in [1.54, 1.807) is 0 Å². The van der Waals surface area contributed by atoms with Crippen LogP contribution in [0.3, 0.4) is 0 Å². The van der Waals surface area contributed by atoms with Gasteiger partial charge in [-0.2, -0.15) is 0 Å². The number of hydrogen-bond acceptors (Lipinski definition) is 2. The van der Waals surface area contributed by atoms with Crippen LogP contribution in [0.25, 0.3) is 0 Å². The van der Waals surface area contributed by atoms with E-state index in [1.165, 1.54) is 17.3 Å². The van der Waals surface area contributed by atoms with E-state index in [2.05, 4.69) is 24.4 Å². The predicted octanol–water partition coefficient (Wildman–Crippen LogP) is 4.62. The van der Waals surface area contributed by atoms with E-state index in [-0.39, 0.29) is 11.9 Å². The van der Waals surface area contributed by atoms with Crippen LogP contribution in [0, 0.1) is 6.92 Å². The Morgan fingerprint density at radius 1 is 1.14 bits per heavy atom. The molecular formula is C17H18ClNOS. The fourth-order valence-corrected chi connectivity index (χ4v) is 2.74. The second kappa shape index (κ2) is 7.53. The summed E-state index contributed by atoms with van der Waals surface area (Å²) in [5, 5.41) is 3.72. The van der Waals surface area contributed by atoms with E-state index in [0.717, 1.165) is 10.5 Å². The predicted molar refractivity (Wildman–Crippen MR) is 89.9 cm³/mol. The normalized spacial score (nSPS) is 12.0. The van der Waals surface area contributed by atoms with Crippen molar-refractivity contribution in [2.45, 2.75) is 24.8 Å². The zero-order valence-electron chi connectivity index (χ0n) is 12.1. The average molecular weight is 320 g/mol. The SMILES string of the molecule is Cc1ccc(C(C)NC(=O)CSc2ccc(Cl)cc2)cc1. The maximum Gasteiger partial charge on any atom is 0.230 e. The molecule has 0 heterocycles. The van der Waals surface area contributed by atoms with Crippen LogP contribution in [0.5, 0.6) is 0 Å². The molecule has 0 fully saturated rings. The van der Waals surface area contributed by atoms with Gasteiger partial charge in [-0.05, 0) is 43.7 Å². The Labute approximate surface area is 134 Å². The van der Waals surface area contributed by atoms with Crippen LogP contribution in [0.15, 0.2) is 53.4 Å². The lowest BCUT2D eigenvalue weighted by atomic mass is 10.1. The van der Waals surface area contributed by atoms with Gasteiger partial charge >= 0.3 is 0 Å². The standard InChI is InChI=1S/C17H18ClNOS/c1-12-3-5-14(6-4-12)13(2)19-17(20)11-21-16-9-7-15(18)8-10-16/h3-10,13H,11H2,1-2H3,(H,19,20). The number of benzene rings is 2. The summed E-state index contributed by atoms with van der Waals surface area (Å²) in [4.78, 5) is 13.0. The molecule has 110 valence electrons. The molecule has 0 aromatic heterocycles. The molecule has 1 atom stereocenters. The molecule has 0 aliphatic rings. The third-order valence-electron chi connectivity index (χ3n) is 3.14. The van der Waals surface area contributed by atoms with Crippen LogP contribution in [0.1, 0.15) is 24.1 Å². The Morgan fingerprint density at radius 3 is 2.38 bits per heavy atom. The van der Waals surface area contributed by atoms with Gasteiger partial charge in [0.25, 0.3) is 0 Å². The second-order valence-electron chi connectivity index (χ2n) is 4.94. The molecule has 21 heavy (non-hydrogen) atoms. The highest BCUT2D eigenvalue weighted by atomic mass is 35.5. The highest BCUT2D eigenvalue weighted by molar-refractivity contribution is 8.00. The third-order valence-corrected chi connectivity index (χ3v) is 4.40. The van der Waals surface area contributed by atoms with Gasteiger partial charge in [0.2, 0.25) is 5.91 Å². The molecule has 0 bridgehead atoms. The highest BCUT2D eigenvalue weighted by Gasteiger charge is 2.09. The number of hydrogen-bond donors (Lipinski definition) is 1. The number of amides is 1. The van der Waals surface area contributed by atoms with Crippen LogP contribution in [-0.2, 0) is 4.79 Å². The van der Waals surface area contributed by atoms with Crippen LogP contribution in [-0.4, -0.2) is 11.7 Å². The summed E-state index contributed by atoms with van der Waals surface area (Å²) in [6.45, 7) is 4.05. The van der Waals surface area contributed by atoms with Gasteiger partial charge in [0.15, 0.2) is 0 Å². The largest absolute Gasteiger partial charge is 0.349 e. The Kier molecular flexibility index (Phi) is 5.71. The third kappa shape index (κ3) is 5.10. The number of rotatable bonds is 5. The quantitative estimate of drug-likeness (QED) is 0.815. The Hall–Kier alpha value is -1.45. The lowest BCUT2D eigenvalue weighted by Crippen LogP contribution is -2.28. The summed E-state index contributed by atoms with van der Waals surface area (Å²) in [6, 6.07) is 15.7. The molecule has 0 radical (unpaired) electrons. The summed E-state index contributed by atoms with van der Waals surface area (Å²) in [6.07, 6.45) is 0. The van der Waals surface area contributed by atoms with Crippen LogP contribution < -0.4 is 5.32 Å². The molecule has 0 saturated carbocycles. The highest BCUT2D eigenvalue weighted by Crippen LogP contribution is 2.20. The molecule has 0 aliphatic heterocycles. The fraction of sp³-hybridized carbons (Fsp3) is 0.235.